The maximum atomic E-state index is 13.2. The molecule has 1 amide bonds. The molecule has 16 nitrogen and oxygen atoms in total. The molecule has 6 aromatic rings. The number of rotatable bonds is 12. The topological polar surface area (TPSA) is 161 Å². The normalized spacial score (nSPS) is 17.3. The van der Waals surface area contributed by atoms with E-state index in [2.05, 4.69) is 61.7 Å². The SMILES string of the molecule is CC(C)(C)OC(=O)N(c1cc(-c2cccc(CN3CCOCC3)c2)nc2c(C=O)cnn12)C1CC1.O=Cc1cnn2c(NC3CC3)cc(-c3cccc(CN4CCOCC4)c3)nc12. The van der Waals surface area contributed by atoms with Crippen molar-refractivity contribution in [1.82, 2.24) is 39.0 Å². The van der Waals surface area contributed by atoms with Crippen LogP contribution >= 0.6 is 0 Å². The Morgan fingerprint density at radius 2 is 1.27 bits per heavy atom. The third kappa shape index (κ3) is 10.1. The molecule has 6 heterocycles. The van der Waals surface area contributed by atoms with Gasteiger partial charge in [0.05, 0.1) is 61.3 Å². The van der Waals surface area contributed by atoms with Crippen molar-refractivity contribution in [3.05, 3.63) is 95.3 Å². The summed E-state index contributed by atoms with van der Waals surface area (Å²) in [5, 5.41) is 12.2. The summed E-state index contributed by atoms with van der Waals surface area (Å²) in [7, 11) is 0. The van der Waals surface area contributed by atoms with Crippen molar-refractivity contribution in [3.8, 4) is 22.5 Å². The molecular formula is C47H54N10O6. The quantitative estimate of drug-likeness (QED) is 0.132. The van der Waals surface area contributed by atoms with E-state index in [1.54, 1.807) is 20.1 Å². The van der Waals surface area contributed by atoms with Gasteiger partial charge in [0.15, 0.2) is 23.9 Å². The van der Waals surface area contributed by atoms with Crippen LogP contribution in [0.4, 0.5) is 16.4 Å². The Hall–Kier alpha value is -6.07. The average molecular weight is 855 g/mol. The predicted molar refractivity (Wildman–Crippen MR) is 238 cm³/mol. The molecule has 1 N–H and O–H groups in total. The van der Waals surface area contributed by atoms with Gasteiger partial charge in [-0.1, -0.05) is 36.4 Å². The minimum atomic E-state index is -0.634. The van der Waals surface area contributed by atoms with Gasteiger partial charge in [0, 0.05) is 74.6 Å². The Labute approximate surface area is 366 Å². The van der Waals surface area contributed by atoms with Crippen molar-refractivity contribution in [2.45, 2.75) is 77.2 Å². The van der Waals surface area contributed by atoms with Gasteiger partial charge in [-0.2, -0.15) is 19.2 Å². The van der Waals surface area contributed by atoms with Gasteiger partial charge in [0.2, 0.25) is 0 Å². The lowest BCUT2D eigenvalue weighted by Crippen LogP contribution is -2.39. The lowest BCUT2D eigenvalue weighted by molar-refractivity contribution is 0.0341. The van der Waals surface area contributed by atoms with Gasteiger partial charge in [-0.15, -0.1) is 0 Å². The number of carbonyl (C=O) groups excluding carboxylic acids is 3. The number of nitrogens with zero attached hydrogens (tertiary/aromatic N) is 9. The first-order valence-corrected chi connectivity index (χ1v) is 21.9. The van der Waals surface area contributed by atoms with Crippen LogP contribution in [0.15, 0.2) is 73.1 Å². The molecule has 2 saturated carbocycles. The fourth-order valence-electron chi connectivity index (χ4n) is 7.88. The third-order valence-electron chi connectivity index (χ3n) is 11.4. The molecule has 10 rings (SSSR count). The largest absolute Gasteiger partial charge is 0.443 e. The van der Waals surface area contributed by atoms with Gasteiger partial charge in [0.25, 0.3) is 0 Å². The molecule has 4 fully saturated rings. The number of ether oxygens (including phenoxy) is 3. The van der Waals surface area contributed by atoms with Crippen LogP contribution in [0.3, 0.4) is 0 Å². The van der Waals surface area contributed by atoms with Crippen molar-refractivity contribution < 1.29 is 28.6 Å². The molecule has 2 saturated heterocycles. The standard InChI is InChI=1S/C26H31N5O4.C21H23N5O2/c1-26(2,3)35-25(33)30(21-7-8-21)23-14-22(28-24-20(17-32)15-27-31(23)24)19-6-4-5-18(13-19)16-29-9-11-34-12-10-29;27-14-17-12-22-26-20(23-18-4-5-18)11-19(24-21(17)26)16-3-1-2-15(10-16)13-25-6-8-28-9-7-25/h4-6,13-15,17,21H,7-12,16H2,1-3H3;1-3,10-12,14,18,23H,4-9,13H2. The van der Waals surface area contributed by atoms with Crippen LogP contribution in [0.1, 0.15) is 78.3 Å². The zero-order chi connectivity index (χ0) is 43.5. The van der Waals surface area contributed by atoms with E-state index in [1.165, 1.54) is 17.3 Å². The number of aldehydes is 2. The highest BCUT2D eigenvalue weighted by Crippen LogP contribution is 2.36. The molecule has 328 valence electrons. The van der Waals surface area contributed by atoms with Crippen molar-refractivity contribution >= 4 is 41.6 Å². The van der Waals surface area contributed by atoms with Crippen LogP contribution in [0, 0.1) is 0 Å². The van der Waals surface area contributed by atoms with E-state index >= 15 is 0 Å². The molecule has 0 spiro atoms. The van der Waals surface area contributed by atoms with Gasteiger partial charge < -0.3 is 19.5 Å². The summed E-state index contributed by atoms with van der Waals surface area (Å²) >= 11 is 0. The molecule has 0 atom stereocenters. The zero-order valence-corrected chi connectivity index (χ0v) is 36.1. The Balaban J connectivity index is 0.000000164. The lowest BCUT2D eigenvalue weighted by atomic mass is 10.1. The number of benzene rings is 2. The molecule has 0 bridgehead atoms. The van der Waals surface area contributed by atoms with Crippen LogP contribution in [-0.4, -0.2) is 128 Å². The number of hydrogen-bond acceptors (Lipinski definition) is 13. The minimum Gasteiger partial charge on any atom is -0.443 e. The summed E-state index contributed by atoms with van der Waals surface area (Å²) in [4.78, 5) is 52.4. The first-order valence-electron chi connectivity index (χ1n) is 21.9. The van der Waals surface area contributed by atoms with Crippen LogP contribution in [-0.2, 0) is 27.3 Å². The van der Waals surface area contributed by atoms with Crippen LogP contribution in [0.2, 0.25) is 0 Å². The fraction of sp³-hybridized carbons (Fsp3) is 0.426. The zero-order valence-electron chi connectivity index (χ0n) is 36.1. The first kappa shape index (κ1) is 42.2. The monoisotopic (exact) mass is 854 g/mol. The Morgan fingerprint density at radius 3 is 1.78 bits per heavy atom. The van der Waals surface area contributed by atoms with E-state index in [0.29, 0.717) is 40.0 Å². The van der Waals surface area contributed by atoms with Crippen molar-refractivity contribution in [2.75, 3.05) is 62.8 Å². The fourth-order valence-corrected chi connectivity index (χ4v) is 7.88. The van der Waals surface area contributed by atoms with E-state index < -0.39 is 11.7 Å². The highest BCUT2D eigenvalue weighted by molar-refractivity contribution is 5.91. The van der Waals surface area contributed by atoms with E-state index in [4.69, 9.17) is 24.2 Å². The Kier molecular flexibility index (Phi) is 12.3. The molecule has 2 aliphatic carbocycles. The second-order valence-corrected chi connectivity index (χ2v) is 17.6. The summed E-state index contributed by atoms with van der Waals surface area (Å²) in [6.45, 7) is 14.1. The maximum Gasteiger partial charge on any atom is 0.416 e. The third-order valence-corrected chi connectivity index (χ3v) is 11.4. The van der Waals surface area contributed by atoms with Crippen molar-refractivity contribution in [1.29, 1.82) is 0 Å². The number of nitrogens with one attached hydrogen (secondary N) is 1. The summed E-state index contributed by atoms with van der Waals surface area (Å²) in [6, 6.07) is 21.1. The number of hydrogen-bond donors (Lipinski definition) is 1. The molecule has 0 unspecified atom stereocenters. The van der Waals surface area contributed by atoms with Gasteiger partial charge in [0.1, 0.15) is 17.2 Å². The second-order valence-electron chi connectivity index (χ2n) is 17.6. The Bertz CT molecular complexity index is 2600. The van der Waals surface area contributed by atoms with Gasteiger partial charge in [-0.05, 0) is 69.7 Å². The summed E-state index contributed by atoms with van der Waals surface area (Å²) < 4.78 is 19.9. The average Bonchev–Trinajstić information content (AvgIpc) is 4.21. The molecule has 16 heteroatoms. The Morgan fingerprint density at radius 1 is 0.746 bits per heavy atom. The summed E-state index contributed by atoms with van der Waals surface area (Å²) in [5.41, 5.74) is 7.16. The van der Waals surface area contributed by atoms with Crippen LogP contribution in [0.5, 0.6) is 0 Å². The molecule has 4 aromatic heterocycles. The molecular weight excluding hydrogens is 801 g/mol. The summed E-state index contributed by atoms with van der Waals surface area (Å²) in [6.07, 6.45) is 8.28. The predicted octanol–water partition coefficient (Wildman–Crippen LogP) is 6.56. The smallest absolute Gasteiger partial charge is 0.416 e. The lowest BCUT2D eigenvalue weighted by Gasteiger charge is -2.28. The van der Waals surface area contributed by atoms with E-state index in [1.807, 2.05) is 45.0 Å². The molecule has 0 radical (unpaired) electrons. The van der Waals surface area contributed by atoms with Crippen molar-refractivity contribution in [2.24, 2.45) is 0 Å². The molecule has 2 aliphatic heterocycles. The van der Waals surface area contributed by atoms with Gasteiger partial charge in [-0.25, -0.2) is 14.8 Å². The second kappa shape index (κ2) is 18.3. The molecule has 63 heavy (non-hydrogen) atoms. The number of anilines is 2. The van der Waals surface area contributed by atoms with Gasteiger partial charge >= 0.3 is 6.09 Å². The van der Waals surface area contributed by atoms with E-state index in [0.717, 1.165) is 127 Å². The maximum absolute atomic E-state index is 13.2. The van der Waals surface area contributed by atoms with Crippen LogP contribution < -0.4 is 10.2 Å². The highest BCUT2D eigenvalue weighted by Gasteiger charge is 2.38. The van der Waals surface area contributed by atoms with E-state index in [-0.39, 0.29) is 6.04 Å². The number of morpholine rings is 2. The van der Waals surface area contributed by atoms with E-state index in [9.17, 15) is 14.4 Å². The highest BCUT2D eigenvalue weighted by atomic mass is 16.6. The molecule has 4 aliphatic rings. The van der Waals surface area contributed by atoms with Crippen LogP contribution in [0.25, 0.3) is 33.8 Å². The number of carbonyl (C=O) groups is 3. The van der Waals surface area contributed by atoms with Gasteiger partial charge in [-0.3, -0.25) is 24.3 Å². The number of fused-ring (bicyclic) bond motifs is 2. The minimum absolute atomic E-state index is 0.0276. The molecule has 2 aromatic carbocycles. The number of aromatic nitrogens is 6. The van der Waals surface area contributed by atoms with Crippen molar-refractivity contribution in [3.63, 3.8) is 0 Å². The number of amides is 1. The first-order chi connectivity index (χ1) is 30.6. The summed E-state index contributed by atoms with van der Waals surface area (Å²) in [5.74, 6) is 1.43.